The summed E-state index contributed by atoms with van der Waals surface area (Å²) in [4.78, 5) is 4.70. The van der Waals surface area contributed by atoms with Crippen LogP contribution >= 0.6 is 23.5 Å². The summed E-state index contributed by atoms with van der Waals surface area (Å²) >= 11 is 3.41. The van der Waals surface area contributed by atoms with E-state index in [-0.39, 0.29) is 0 Å². The maximum atomic E-state index is 5.39. The quantitative estimate of drug-likeness (QED) is 0.537. The molecule has 0 atom stereocenters. The Hall–Kier alpha value is -1.81. The standard InChI is InChI=1S/C17H18N6OS2/c1-2-4-13-12(3-1)19-15-14(26-13)11-18-23-16(15)20-21-17(23)25-10-7-22-5-8-24-9-6-22/h1-4,11,19H,5-10H2. The molecule has 4 heterocycles. The molecule has 3 aromatic rings. The Labute approximate surface area is 159 Å². The molecule has 7 nitrogen and oxygen atoms in total. The Balaban J connectivity index is 1.35. The second kappa shape index (κ2) is 7.07. The predicted molar refractivity (Wildman–Crippen MR) is 103 cm³/mol. The van der Waals surface area contributed by atoms with Gasteiger partial charge in [-0.1, -0.05) is 35.7 Å². The molecule has 9 heteroatoms. The Morgan fingerprint density at radius 2 is 2.04 bits per heavy atom. The summed E-state index contributed by atoms with van der Waals surface area (Å²) in [5.74, 6) is 0.963. The third kappa shape index (κ3) is 3.05. The van der Waals surface area contributed by atoms with Gasteiger partial charge in [-0.15, -0.1) is 10.2 Å². The van der Waals surface area contributed by atoms with Crippen molar-refractivity contribution in [3.63, 3.8) is 0 Å². The van der Waals surface area contributed by atoms with Crippen LogP contribution in [0.3, 0.4) is 0 Å². The third-order valence-electron chi connectivity index (χ3n) is 4.48. The average Bonchev–Trinajstić information content (AvgIpc) is 3.11. The molecule has 0 saturated carbocycles. The second-order valence-corrected chi connectivity index (χ2v) is 8.27. The number of benzene rings is 1. The Morgan fingerprint density at radius 1 is 1.15 bits per heavy atom. The van der Waals surface area contributed by atoms with Crippen molar-refractivity contribution >= 4 is 40.5 Å². The van der Waals surface area contributed by atoms with Gasteiger partial charge in [0.2, 0.25) is 10.8 Å². The van der Waals surface area contributed by atoms with Gasteiger partial charge in [-0.2, -0.15) is 9.61 Å². The molecule has 2 aliphatic heterocycles. The van der Waals surface area contributed by atoms with Gasteiger partial charge in [-0.3, -0.25) is 4.90 Å². The molecule has 134 valence electrons. The smallest absolute Gasteiger partial charge is 0.212 e. The van der Waals surface area contributed by atoms with Crippen LogP contribution in [0, 0.1) is 0 Å². The molecule has 0 spiro atoms. The minimum Gasteiger partial charge on any atom is -0.379 e. The number of morpholine rings is 1. The molecule has 1 aromatic carbocycles. The monoisotopic (exact) mass is 386 g/mol. The molecule has 1 N–H and O–H groups in total. The number of hydrogen-bond donors (Lipinski definition) is 1. The van der Waals surface area contributed by atoms with E-state index < -0.39 is 0 Å². The number of nitrogens with zero attached hydrogens (tertiary/aromatic N) is 5. The molecule has 0 radical (unpaired) electrons. The summed E-state index contributed by atoms with van der Waals surface area (Å²) in [7, 11) is 0. The highest BCUT2D eigenvalue weighted by Crippen LogP contribution is 2.44. The van der Waals surface area contributed by atoms with Gasteiger partial charge in [0.15, 0.2) is 0 Å². The molecular formula is C17H18N6OS2. The molecular weight excluding hydrogens is 368 g/mol. The summed E-state index contributed by atoms with van der Waals surface area (Å²) in [5, 5.41) is 17.6. The van der Waals surface area contributed by atoms with E-state index in [1.54, 1.807) is 23.5 Å². The maximum Gasteiger partial charge on any atom is 0.212 e. The van der Waals surface area contributed by atoms with Crippen molar-refractivity contribution in [2.45, 2.75) is 14.9 Å². The van der Waals surface area contributed by atoms with E-state index in [1.807, 2.05) is 22.8 Å². The fourth-order valence-corrected chi connectivity index (χ4v) is 4.94. The number of anilines is 2. The fourth-order valence-electron chi connectivity index (χ4n) is 3.10. The van der Waals surface area contributed by atoms with Crippen LogP contribution in [0.15, 0.2) is 45.4 Å². The number of fused-ring (bicyclic) bond motifs is 4. The topological polar surface area (TPSA) is 67.6 Å². The lowest BCUT2D eigenvalue weighted by Gasteiger charge is -2.26. The van der Waals surface area contributed by atoms with Gasteiger partial charge in [0, 0.05) is 30.3 Å². The number of nitrogens with one attached hydrogen (secondary N) is 1. The van der Waals surface area contributed by atoms with Crippen molar-refractivity contribution in [1.29, 1.82) is 0 Å². The van der Waals surface area contributed by atoms with E-state index in [1.165, 1.54) is 4.90 Å². The van der Waals surface area contributed by atoms with E-state index in [9.17, 15) is 0 Å². The number of ether oxygens (including phenoxy) is 1. The molecule has 1 saturated heterocycles. The maximum absolute atomic E-state index is 5.39. The molecule has 0 aliphatic carbocycles. The first kappa shape index (κ1) is 16.4. The van der Waals surface area contributed by atoms with Crippen LogP contribution in [0.4, 0.5) is 11.4 Å². The van der Waals surface area contributed by atoms with Gasteiger partial charge in [0.1, 0.15) is 5.69 Å². The van der Waals surface area contributed by atoms with Gasteiger partial charge < -0.3 is 10.1 Å². The highest BCUT2D eigenvalue weighted by atomic mass is 32.2. The number of thioether (sulfide) groups is 1. The summed E-state index contributed by atoms with van der Waals surface area (Å²) in [6.07, 6.45) is 1.89. The van der Waals surface area contributed by atoms with Crippen LogP contribution in [0.25, 0.3) is 5.65 Å². The summed E-state index contributed by atoms with van der Waals surface area (Å²) in [6, 6.07) is 8.27. The lowest BCUT2D eigenvalue weighted by Crippen LogP contribution is -2.37. The van der Waals surface area contributed by atoms with Gasteiger partial charge in [0.05, 0.1) is 30.0 Å². The summed E-state index contributed by atoms with van der Waals surface area (Å²) in [6.45, 7) is 4.70. The molecule has 0 bridgehead atoms. The third-order valence-corrected chi connectivity index (χ3v) is 6.49. The molecule has 0 unspecified atom stereocenters. The number of hydrogen-bond acceptors (Lipinski definition) is 8. The highest BCUT2D eigenvalue weighted by molar-refractivity contribution is 7.99. The fraction of sp³-hybridized carbons (Fsp3) is 0.353. The van der Waals surface area contributed by atoms with Crippen LogP contribution in [0.5, 0.6) is 0 Å². The zero-order valence-corrected chi connectivity index (χ0v) is 15.7. The van der Waals surface area contributed by atoms with Crippen molar-refractivity contribution in [3.8, 4) is 0 Å². The zero-order chi connectivity index (χ0) is 17.3. The lowest BCUT2D eigenvalue weighted by atomic mass is 10.3. The predicted octanol–water partition coefficient (Wildman–Crippen LogP) is 2.76. The summed E-state index contributed by atoms with van der Waals surface area (Å²) in [5.41, 5.74) is 2.86. The van der Waals surface area contributed by atoms with Crippen molar-refractivity contribution in [1.82, 2.24) is 24.7 Å². The molecule has 0 amide bonds. The van der Waals surface area contributed by atoms with Crippen LogP contribution in [-0.4, -0.2) is 63.3 Å². The van der Waals surface area contributed by atoms with Gasteiger partial charge in [0.25, 0.3) is 0 Å². The van der Waals surface area contributed by atoms with E-state index in [0.29, 0.717) is 0 Å². The minimum atomic E-state index is 0.776. The number of rotatable bonds is 4. The van der Waals surface area contributed by atoms with E-state index in [0.717, 1.165) is 65.7 Å². The Morgan fingerprint density at radius 3 is 2.96 bits per heavy atom. The van der Waals surface area contributed by atoms with Crippen molar-refractivity contribution in [2.75, 3.05) is 43.9 Å². The van der Waals surface area contributed by atoms with Crippen molar-refractivity contribution < 1.29 is 4.74 Å². The molecule has 5 rings (SSSR count). The Bertz CT molecular complexity index is 940. The zero-order valence-electron chi connectivity index (χ0n) is 14.1. The average molecular weight is 387 g/mol. The SMILES string of the molecule is c1ccc2c(c1)Nc1c(cnn3c(SCCN4CCOCC4)nnc13)S2. The lowest BCUT2D eigenvalue weighted by molar-refractivity contribution is 0.0410. The molecule has 2 aliphatic rings. The van der Waals surface area contributed by atoms with Crippen LogP contribution in [-0.2, 0) is 4.74 Å². The highest BCUT2D eigenvalue weighted by Gasteiger charge is 2.21. The van der Waals surface area contributed by atoms with E-state index >= 15 is 0 Å². The van der Waals surface area contributed by atoms with E-state index in [4.69, 9.17) is 4.74 Å². The van der Waals surface area contributed by atoms with Gasteiger partial charge >= 0.3 is 0 Å². The first-order valence-corrected chi connectivity index (χ1v) is 10.4. The van der Waals surface area contributed by atoms with Crippen LogP contribution < -0.4 is 5.32 Å². The largest absolute Gasteiger partial charge is 0.379 e. The van der Waals surface area contributed by atoms with Crippen LogP contribution in [0.1, 0.15) is 0 Å². The van der Waals surface area contributed by atoms with Crippen LogP contribution in [0.2, 0.25) is 0 Å². The molecule has 26 heavy (non-hydrogen) atoms. The van der Waals surface area contributed by atoms with Crippen molar-refractivity contribution in [2.24, 2.45) is 0 Å². The normalized spacial score (nSPS) is 16.9. The molecule has 1 fully saturated rings. The van der Waals surface area contributed by atoms with Gasteiger partial charge in [-0.25, -0.2) is 0 Å². The summed E-state index contributed by atoms with van der Waals surface area (Å²) < 4.78 is 7.23. The number of aromatic nitrogens is 4. The first-order chi connectivity index (χ1) is 12.9. The number of para-hydroxylation sites is 1. The second-order valence-electron chi connectivity index (χ2n) is 6.13. The first-order valence-electron chi connectivity index (χ1n) is 8.60. The molecule has 2 aromatic heterocycles. The van der Waals surface area contributed by atoms with E-state index in [2.05, 4.69) is 37.6 Å². The minimum absolute atomic E-state index is 0.776. The van der Waals surface area contributed by atoms with Crippen molar-refractivity contribution in [3.05, 3.63) is 30.5 Å². The Kier molecular flexibility index (Phi) is 4.45. The van der Waals surface area contributed by atoms with Gasteiger partial charge in [-0.05, 0) is 12.1 Å².